The Labute approximate surface area is 105 Å². The van der Waals surface area contributed by atoms with E-state index in [1.165, 1.54) is 20.0 Å². The van der Waals surface area contributed by atoms with Crippen molar-refractivity contribution in [1.29, 1.82) is 0 Å². The van der Waals surface area contributed by atoms with Crippen molar-refractivity contribution in [3.8, 4) is 0 Å². The summed E-state index contributed by atoms with van der Waals surface area (Å²) in [6.45, 7) is 1.78. The zero-order chi connectivity index (χ0) is 12.7. The van der Waals surface area contributed by atoms with Crippen molar-refractivity contribution in [1.82, 2.24) is 10.2 Å². The first-order chi connectivity index (χ1) is 8.10. The summed E-state index contributed by atoms with van der Waals surface area (Å²) >= 11 is 0. The molecule has 4 heteroatoms. The van der Waals surface area contributed by atoms with Crippen LogP contribution in [-0.4, -0.2) is 50.7 Å². The molecule has 1 fully saturated rings. The average Bonchev–Trinajstić information content (AvgIpc) is 2.54. The fourth-order valence-corrected chi connectivity index (χ4v) is 2.50. The summed E-state index contributed by atoms with van der Waals surface area (Å²) in [5, 5.41) is 3.44. The van der Waals surface area contributed by atoms with Crippen LogP contribution < -0.4 is 5.32 Å². The van der Waals surface area contributed by atoms with E-state index in [4.69, 9.17) is 4.74 Å². The van der Waals surface area contributed by atoms with Crippen LogP contribution in [0.25, 0.3) is 0 Å². The molecule has 0 aromatic carbocycles. The Morgan fingerprint density at radius 2 is 1.82 bits per heavy atom. The van der Waals surface area contributed by atoms with Gasteiger partial charge >= 0.3 is 5.97 Å². The molecule has 1 rings (SSSR count). The van der Waals surface area contributed by atoms with Crippen LogP contribution in [0.2, 0.25) is 0 Å². The lowest BCUT2D eigenvalue weighted by molar-refractivity contribution is -0.149. The Morgan fingerprint density at radius 1 is 1.24 bits per heavy atom. The predicted octanol–water partition coefficient (Wildman–Crippen LogP) is 1.40. The van der Waals surface area contributed by atoms with Crippen LogP contribution in [0.1, 0.15) is 38.5 Å². The minimum absolute atomic E-state index is 0.0850. The van der Waals surface area contributed by atoms with E-state index >= 15 is 0 Å². The maximum Gasteiger partial charge on any atom is 0.326 e. The lowest BCUT2D eigenvalue weighted by Gasteiger charge is -2.31. The van der Waals surface area contributed by atoms with E-state index in [1.54, 1.807) is 0 Å². The van der Waals surface area contributed by atoms with Crippen molar-refractivity contribution in [3.05, 3.63) is 0 Å². The minimum atomic E-state index is -0.429. The molecule has 0 bridgehead atoms. The molecule has 0 heterocycles. The van der Waals surface area contributed by atoms with Crippen molar-refractivity contribution in [2.45, 2.75) is 44.1 Å². The largest absolute Gasteiger partial charge is 0.468 e. The van der Waals surface area contributed by atoms with Gasteiger partial charge in [-0.2, -0.15) is 0 Å². The number of nitrogens with one attached hydrogen (secondary N) is 1. The van der Waals surface area contributed by atoms with E-state index in [9.17, 15) is 4.79 Å². The second-order valence-electron chi connectivity index (χ2n) is 5.22. The highest BCUT2D eigenvalue weighted by atomic mass is 16.5. The monoisotopic (exact) mass is 242 g/mol. The highest BCUT2D eigenvalue weighted by molar-refractivity contribution is 5.80. The fraction of sp³-hybridized carbons (Fsp3) is 0.923. The smallest absolute Gasteiger partial charge is 0.326 e. The number of likely N-dealkylation sites (N-methyl/N-ethyl adjacent to an activating group) is 1. The number of ether oxygens (including phenoxy) is 1. The van der Waals surface area contributed by atoms with Crippen LogP contribution in [0.15, 0.2) is 0 Å². The Morgan fingerprint density at radius 3 is 2.29 bits per heavy atom. The molecule has 1 N–H and O–H groups in total. The van der Waals surface area contributed by atoms with Gasteiger partial charge in [-0.05, 0) is 26.9 Å². The molecule has 0 radical (unpaired) electrons. The highest BCUT2D eigenvalue weighted by Gasteiger charge is 2.38. The third-order valence-electron chi connectivity index (χ3n) is 3.56. The van der Waals surface area contributed by atoms with Crippen LogP contribution in [0.4, 0.5) is 0 Å². The number of nitrogens with zero attached hydrogens (tertiary/aromatic N) is 1. The van der Waals surface area contributed by atoms with Gasteiger partial charge in [-0.25, -0.2) is 0 Å². The SMILES string of the molecule is COC(=O)C1(NCCN(C)C)CCCCCC1. The van der Waals surface area contributed by atoms with Crippen LogP contribution in [0, 0.1) is 0 Å². The standard InChI is InChI=1S/C13H26N2O2/c1-15(2)11-10-14-13(12(16)17-3)8-6-4-5-7-9-13/h14H,4-11H2,1-3H3. The molecule has 1 aliphatic carbocycles. The Bertz CT molecular complexity index is 234. The quantitative estimate of drug-likeness (QED) is 0.584. The van der Waals surface area contributed by atoms with Crippen molar-refractivity contribution in [2.75, 3.05) is 34.3 Å². The Hall–Kier alpha value is -0.610. The maximum absolute atomic E-state index is 12.0. The van der Waals surface area contributed by atoms with E-state index in [1.807, 2.05) is 14.1 Å². The van der Waals surface area contributed by atoms with E-state index in [0.717, 1.165) is 38.8 Å². The van der Waals surface area contributed by atoms with E-state index < -0.39 is 5.54 Å². The summed E-state index contributed by atoms with van der Waals surface area (Å²) in [5.74, 6) is -0.0850. The topological polar surface area (TPSA) is 41.6 Å². The summed E-state index contributed by atoms with van der Waals surface area (Å²) in [4.78, 5) is 14.1. The van der Waals surface area contributed by atoms with Crippen LogP contribution in [0.3, 0.4) is 0 Å². The number of esters is 1. The first-order valence-corrected chi connectivity index (χ1v) is 6.59. The molecule has 1 aliphatic rings. The maximum atomic E-state index is 12.0. The molecule has 0 aliphatic heterocycles. The normalized spacial score (nSPS) is 20.0. The molecule has 0 aromatic rings. The summed E-state index contributed by atoms with van der Waals surface area (Å²) < 4.78 is 4.99. The fourth-order valence-electron chi connectivity index (χ4n) is 2.50. The van der Waals surface area contributed by atoms with E-state index in [2.05, 4.69) is 10.2 Å². The molecule has 0 amide bonds. The number of carbonyl (C=O) groups excluding carboxylic acids is 1. The Kier molecular flexibility index (Phi) is 5.92. The molecule has 0 saturated heterocycles. The average molecular weight is 242 g/mol. The Balaban J connectivity index is 2.60. The predicted molar refractivity (Wildman–Crippen MR) is 69.0 cm³/mol. The number of hydrogen-bond acceptors (Lipinski definition) is 4. The molecule has 0 spiro atoms. The highest BCUT2D eigenvalue weighted by Crippen LogP contribution is 2.28. The molecule has 100 valence electrons. The van der Waals surface area contributed by atoms with Gasteiger partial charge in [0, 0.05) is 13.1 Å². The number of carbonyl (C=O) groups is 1. The van der Waals surface area contributed by atoms with Crippen molar-refractivity contribution < 1.29 is 9.53 Å². The minimum Gasteiger partial charge on any atom is -0.468 e. The zero-order valence-electron chi connectivity index (χ0n) is 11.4. The molecular weight excluding hydrogens is 216 g/mol. The van der Waals surface area contributed by atoms with Crippen LogP contribution in [0.5, 0.6) is 0 Å². The molecule has 0 unspecified atom stereocenters. The van der Waals surface area contributed by atoms with Gasteiger partial charge in [0.25, 0.3) is 0 Å². The van der Waals surface area contributed by atoms with Gasteiger partial charge in [-0.1, -0.05) is 25.7 Å². The van der Waals surface area contributed by atoms with Crippen LogP contribution >= 0.6 is 0 Å². The summed E-state index contributed by atoms with van der Waals surface area (Å²) in [6.07, 6.45) is 6.51. The number of methoxy groups -OCH3 is 1. The van der Waals surface area contributed by atoms with Crippen molar-refractivity contribution >= 4 is 5.97 Å². The second kappa shape index (κ2) is 6.97. The summed E-state index contributed by atoms with van der Waals surface area (Å²) in [6, 6.07) is 0. The van der Waals surface area contributed by atoms with E-state index in [0.29, 0.717) is 0 Å². The van der Waals surface area contributed by atoms with Gasteiger partial charge in [-0.15, -0.1) is 0 Å². The van der Waals surface area contributed by atoms with Crippen LogP contribution in [-0.2, 0) is 9.53 Å². The lowest BCUT2D eigenvalue weighted by Crippen LogP contribution is -2.53. The molecular formula is C13H26N2O2. The van der Waals surface area contributed by atoms with Gasteiger partial charge in [0.2, 0.25) is 0 Å². The number of rotatable bonds is 5. The first-order valence-electron chi connectivity index (χ1n) is 6.59. The summed E-state index contributed by atoms with van der Waals surface area (Å²) in [7, 11) is 5.57. The molecule has 1 saturated carbocycles. The van der Waals surface area contributed by atoms with Gasteiger partial charge in [0.1, 0.15) is 5.54 Å². The zero-order valence-corrected chi connectivity index (χ0v) is 11.4. The molecule has 0 atom stereocenters. The lowest BCUT2D eigenvalue weighted by atomic mass is 9.90. The molecule has 0 aromatic heterocycles. The summed E-state index contributed by atoms with van der Waals surface area (Å²) in [5.41, 5.74) is -0.429. The first kappa shape index (κ1) is 14.5. The second-order valence-corrected chi connectivity index (χ2v) is 5.22. The third-order valence-corrected chi connectivity index (χ3v) is 3.56. The molecule has 17 heavy (non-hydrogen) atoms. The van der Waals surface area contributed by atoms with Gasteiger partial charge in [-0.3, -0.25) is 4.79 Å². The van der Waals surface area contributed by atoms with Gasteiger partial charge in [0.05, 0.1) is 7.11 Å². The van der Waals surface area contributed by atoms with E-state index in [-0.39, 0.29) is 5.97 Å². The van der Waals surface area contributed by atoms with Gasteiger partial charge in [0.15, 0.2) is 0 Å². The van der Waals surface area contributed by atoms with Crippen molar-refractivity contribution in [3.63, 3.8) is 0 Å². The third kappa shape index (κ3) is 4.28. The van der Waals surface area contributed by atoms with Gasteiger partial charge < -0.3 is 15.0 Å². The number of hydrogen-bond donors (Lipinski definition) is 1. The van der Waals surface area contributed by atoms with Crippen molar-refractivity contribution in [2.24, 2.45) is 0 Å². The molecule has 4 nitrogen and oxygen atoms in total.